The van der Waals surface area contributed by atoms with Crippen molar-refractivity contribution in [1.29, 1.82) is 0 Å². The third-order valence-electron chi connectivity index (χ3n) is 1.51. The predicted molar refractivity (Wildman–Crippen MR) is 59.3 cm³/mol. The van der Waals surface area contributed by atoms with Crippen molar-refractivity contribution in [3.05, 3.63) is 26.2 Å². The fourth-order valence-corrected chi connectivity index (χ4v) is 2.72. The van der Waals surface area contributed by atoms with Gasteiger partial charge in [0.2, 0.25) is 0 Å². The van der Waals surface area contributed by atoms with Gasteiger partial charge in [0.15, 0.2) is 5.82 Å². The predicted octanol–water partition coefficient (Wildman–Crippen LogP) is 2.97. The highest BCUT2D eigenvalue weighted by Gasteiger charge is 2.01. The first-order valence-corrected chi connectivity index (χ1v) is 6.15. The van der Waals surface area contributed by atoms with E-state index in [1.807, 2.05) is 5.38 Å². The summed E-state index contributed by atoms with van der Waals surface area (Å²) in [4.78, 5) is 0. The van der Waals surface area contributed by atoms with Crippen LogP contribution in [-0.2, 0) is 6.54 Å². The van der Waals surface area contributed by atoms with E-state index in [9.17, 15) is 0 Å². The maximum absolute atomic E-state index is 3.89. The molecule has 0 saturated carbocycles. The summed E-state index contributed by atoms with van der Waals surface area (Å²) < 4.78 is 4.91. The monoisotopic (exact) mass is 275 g/mol. The highest BCUT2D eigenvalue weighted by atomic mass is 79.9. The number of thiophene rings is 1. The zero-order valence-corrected chi connectivity index (χ0v) is 9.75. The van der Waals surface area contributed by atoms with Crippen LogP contribution in [0, 0.1) is 0 Å². The molecule has 68 valence electrons. The summed E-state index contributed by atoms with van der Waals surface area (Å²) in [6, 6.07) is 0. The standard InChI is InChI=1S/C7H6BrN3S2/c8-6-3-12-2-5(6)1-9-7-4-13-11-10-7/h2-4,9H,1H2. The molecule has 2 rings (SSSR count). The van der Waals surface area contributed by atoms with Gasteiger partial charge in [-0.1, -0.05) is 4.49 Å². The second kappa shape index (κ2) is 4.17. The first-order valence-electron chi connectivity index (χ1n) is 3.58. The maximum atomic E-state index is 3.89. The number of anilines is 1. The number of aromatic nitrogens is 2. The molecule has 0 radical (unpaired) electrons. The van der Waals surface area contributed by atoms with Crippen molar-refractivity contribution in [1.82, 2.24) is 9.59 Å². The smallest absolute Gasteiger partial charge is 0.161 e. The molecule has 3 nitrogen and oxygen atoms in total. The lowest BCUT2D eigenvalue weighted by atomic mass is 10.3. The molecule has 2 heterocycles. The average Bonchev–Trinajstić information content (AvgIpc) is 2.72. The molecule has 2 aromatic heterocycles. The Morgan fingerprint density at radius 1 is 1.38 bits per heavy atom. The van der Waals surface area contributed by atoms with Crippen LogP contribution in [0.15, 0.2) is 20.6 Å². The molecule has 0 bridgehead atoms. The lowest BCUT2D eigenvalue weighted by Gasteiger charge is -1.99. The molecule has 0 aliphatic heterocycles. The van der Waals surface area contributed by atoms with Gasteiger partial charge in [-0.15, -0.1) is 5.10 Å². The van der Waals surface area contributed by atoms with Crippen molar-refractivity contribution >= 4 is 44.6 Å². The molecule has 0 fully saturated rings. The van der Waals surface area contributed by atoms with Crippen molar-refractivity contribution in [2.75, 3.05) is 5.32 Å². The van der Waals surface area contributed by atoms with Crippen LogP contribution < -0.4 is 5.32 Å². The van der Waals surface area contributed by atoms with Gasteiger partial charge in [0.05, 0.1) is 5.38 Å². The van der Waals surface area contributed by atoms with E-state index in [4.69, 9.17) is 0 Å². The molecule has 0 saturated heterocycles. The Balaban J connectivity index is 1.97. The molecule has 13 heavy (non-hydrogen) atoms. The Kier molecular flexibility index (Phi) is 2.92. The van der Waals surface area contributed by atoms with Gasteiger partial charge in [0, 0.05) is 16.4 Å². The van der Waals surface area contributed by atoms with Crippen molar-refractivity contribution < 1.29 is 0 Å². The van der Waals surface area contributed by atoms with Crippen molar-refractivity contribution in [3.63, 3.8) is 0 Å². The van der Waals surface area contributed by atoms with Crippen LogP contribution >= 0.6 is 38.8 Å². The van der Waals surface area contributed by atoms with E-state index in [-0.39, 0.29) is 0 Å². The normalized spacial score (nSPS) is 10.2. The molecule has 0 spiro atoms. The van der Waals surface area contributed by atoms with E-state index < -0.39 is 0 Å². The van der Waals surface area contributed by atoms with Gasteiger partial charge in [-0.3, -0.25) is 0 Å². The molecule has 0 amide bonds. The maximum Gasteiger partial charge on any atom is 0.161 e. The zero-order chi connectivity index (χ0) is 9.10. The first-order chi connectivity index (χ1) is 6.36. The van der Waals surface area contributed by atoms with Crippen LogP contribution in [0.1, 0.15) is 5.56 Å². The Morgan fingerprint density at radius 3 is 2.92 bits per heavy atom. The third-order valence-corrected chi connectivity index (χ3v) is 3.85. The number of nitrogens with one attached hydrogen (secondary N) is 1. The summed E-state index contributed by atoms with van der Waals surface area (Å²) in [5, 5.41) is 13.1. The number of hydrogen-bond donors (Lipinski definition) is 1. The van der Waals surface area contributed by atoms with Crippen molar-refractivity contribution in [2.24, 2.45) is 0 Å². The minimum absolute atomic E-state index is 0.787. The highest BCUT2D eigenvalue weighted by molar-refractivity contribution is 9.10. The van der Waals surface area contributed by atoms with Gasteiger partial charge < -0.3 is 5.32 Å². The number of hydrogen-bond acceptors (Lipinski definition) is 5. The fourth-order valence-electron chi connectivity index (χ4n) is 0.861. The number of rotatable bonds is 3. The zero-order valence-electron chi connectivity index (χ0n) is 6.53. The Morgan fingerprint density at radius 2 is 2.31 bits per heavy atom. The summed E-state index contributed by atoms with van der Waals surface area (Å²) in [6.07, 6.45) is 0. The Bertz CT molecular complexity index is 371. The lowest BCUT2D eigenvalue weighted by Crippen LogP contribution is -1.98. The Labute approximate surface area is 92.1 Å². The second-order valence-electron chi connectivity index (χ2n) is 2.39. The molecule has 1 N–H and O–H groups in total. The van der Waals surface area contributed by atoms with E-state index in [2.05, 4.69) is 41.6 Å². The molecule has 6 heteroatoms. The highest BCUT2D eigenvalue weighted by Crippen LogP contribution is 2.21. The number of halogens is 1. The summed E-state index contributed by atoms with van der Waals surface area (Å²) in [5.74, 6) is 0.836. The molecule has 0 aliphatic rings. The molecular weight excluding hydrogens is 270 g/mol. The minimum atomic E-state index is 0.787. The third kappa shape index (κ3) is 2.26. The van der Waals surface area contributed by atoms with Gasteiger partial charge in [-0.25, -0.2) is 0 Å². The molecule has 0 aromatic carbocycles. The van der Waals surface area contributed by atoms with Gasteiger partial charge in [0.25, 0.3) is 0 Å². The van der Waals surface area contributed by atoms with Crippen LogP contribution in [0.5, 0.6) is 0 Å². The summed E-state index contributed by atoms with van der Waals surface area (Å²) in [5.41, 5.74) is 1.25. The minimum Gasteiger partial charge on any atom is -0.364 e. The van der Waals surface area contributed by atoms with E-state index in [0.717, 1.165) is 16.8 Å². The van der Waals surface area contributed by atoms with Crippen LogP contribution in [0.3, 0.4) is 0 Å². The topological polar surface area (TPSA) is 37.8 Å². The van der Waals surface area contributed by atoms with E-state index in [0.29, 0.717) is 0 Å². The van der Waals surface area contributed by atoms with Crippen molar-refractivity contribution in [2.45, 2.75) is 6.54 Å². The molecule has 2 aromatic rings. The van der Waals surface area contributed by atoms with E-state index in [1.54, 1.807) is 11.3 Å². The van der Waals surface area contributed by atoms with Gasteiger partial charge in [-0.05, 0) is 38.4 Å². The summed E-state index contributed by atoms with van der Waals surface area (Å²) >= 11 is 6.50. The van der Waals surface area contributed by atoms with Crippen LogP contribution in [0.4, 0.5) is 5.82 Å². The van der Waals surface area contributed by atoms with Gasteiger partial charge in [-0.2, -0.15) is 11.3 Å². The fraction of sp³-hybridized carbons (Fsp3) is 0.143. The Hall–Kier alpha value is -0.460. The SMILES string of the molecule is Brc1cscc1CNc1csnn1. The van der Waals surface area contributed by atoms with Crippen LogP contribution in [0.2, 0.25) is 0 Å². The van der Waals surface area contributed by atoms with Crippen LogP contribution in [0.25, 0.3) is 0 Å². The molecule has 0 unspecified atom stereocenters. The molecule has 0 aliphatic carbocycles. The summed E-state index contributed by atoms with van der Waals surface area (Å²) in [6.45, 7) is 0.787. The first kappa shape index (κ1) is 9.11. The molecular formula is C7H6BrN3S2. The summed E-state index contributed by atoms with van der Waals surface area (Å²) in [7, 11) is 0. The molecule has 0 atom stereocenters. The van der Waals surface area contributed by atoms with E-state index >= 15 is 0 Å². The lowest BCUT2D eigenvalue weighted by molar-refractivity contribution is 1.08. The van der Waals surface area contributed by atoms with Gasteiger partial charge >= 0.3 is 0 Å². The van der Waals surface area contributed by atoms with Crippen LogP contribution in [-0.4, -0.2) is 9.59 Å². The van der Waals surface area contributed by atoms with Gasteiger partial charge in [0.1, 0.15) is 0 Å². The quantitative estimate of drug-likeness (QED) is 0.936. The largest absolute Gasteiger partial charge is 0.364 e. The van der Waals surface area contributed by atoms with Crippen molar-refractivity contribution in [3.8, 4) is 0 Å². The average molecular weight is 276 g/mol. The number of nitrogens with zero attached hydrogens (tertiary/aromatic N) is 2. The van der Waals surface area contributed by atoms with E-state index in [1.165, 1.54) is 17.1 Å². The second-order valence-corrected chi connectivity index (χ2v) is 4.60.